The van der Waals surface area contributed by atoms with Gasteiger partial charge in [-0.15, -0.1) is 0 Å². The molecule has 0 aliphatic heterocycles. The third-order valence-corrected chi connectivity index (χ3v) is 4.56. The number of nitrogens with one attached hydrogen (secondary N) is 1. The summed E-state index contributed by atoms with van der Waals surface area (Å²) in [6, 6.07) is 29.3. The van der Waals surface area contributed by atoms with E-state index in [0.717, 1.165) is 22.4 Å². The van der Waals surface area contributed by atoms with Crippen molar-refractivity contribution in [3.05, 3.63) is 120 Å². The topological polar surface area (TPSA) is 46.9 Å². The van der Waals surface area contributed by atoms with E-state index in [2.05, 4.69) is 10.4 Å². The Hall–Kier alpha value is -3.92. The van der Waals surface area contributed by atoms with E-state index in [-0.39, 0.29) is 5.91 Å². The molecule has 0 unspecified atom stereocenters. The van der Waals surface area contributed by atoms with Crippen molar-refractivity contribution in [2.45, 2.75) is 6.54 Å². The lowest BCUT2D eigenvalue weighted by Crippen LogP contribution is -2.13. The summed E-state index contributed by atoms with van der Waals surface area (Å²) in [6.45, 7) is 0.699. The highest BCUT2D eigenvalue weighted by Gasteiger charge is 2.12. The van der Waals surface area contributed by atoms with Crippen LogP contribution in [0.2, 0.25) is 0 Å². The zero-order valence-corrected chi connectivity index (χ0v) is 15.9. The minimum Gasteiger partial charge on any atom is -0.322 e. The summed E-state index contributed by atoms with van der Waals surface area (Å²) < 4.78 is 1.86. The lowest BCUT2D eigenvalue weighted by atomic mass is 10.0. The van der Waals surface area contributed by atoms with E-state index in [1.54, 1.807) is 6.20 Å². The maximum absolute atomic E-state index is 13.1. The smallest absolute Gasteiger partial charge is 0.256 e. The molecule has 3 aromatic carbocycles. The van der Waals surface area contributed by atoms with Crippen molar-refractivity contribution < 1.29 is 4.79 Å². The van der Waals surface area contributed by atoms with Gasteiger partial charge >= 0.3 is 0 Å². The van der Waals surface area contributed by atoms with Gasteiger partial charge in [0.15, 0.2) is 0 Å². The van der Waals surface area contributed by atoms with Crippen LogP contribution in [-0.4, -0.2) is 15.7 Å². The second-order valence-corrected chi connectivity index (χ2v) is 6.69. The molecule has 29 heavy (non-hydrogen) atoms. The molecule has 1 heterocycles. The Morgan fingerprint density at radius 3 is 2.21 bits per heavy atom. The van der Waals surface area contributed by atoms with Gasteiger partial charge in [0.1, 0.15) is 0 Å². The molecule has 0 aliphatic carbocycles. The van der Waals surface area contributed by atoms with Gasteiger partial charge in [-0.25, -0.2) is 0 Å². The van der Waals surface area contributed by atoms with E-state index < -0.39 is 0 Å². The van der Waals surface area contributed by atoms with Crippen molar-refractivity contribution in [3.63, 3.8) is 0 Å². The van der Waals surface area contributed by atoms with E-state index in [9.17, 15) is 4.79 Å². The minimum atomic E-state index is -0.139. The highest BCUT2D eigenvalue weighted by molar-refractivity contribution is 6.29. The second kappa shape index (κ2) is 8.85. The number of carbonyl (C=O) groups is 1. The molecule has 0 saturated carbocycles. The van der Waals surface area contributed by atoms with Crippen LogP contribution in [0.15, 0.2) is 103 Å². The van der Waals surface area contributed by atoms with Crippen molar-refractivity contribution in [1.82, 2.24) is 9.78 Å². The largest absolute Gasteiger partial charge is 0.322 e. The third kappa shape index (κ3) is 4.87. The van der Waals surface area contributed by atoms with Crippen molar-refractivity contribution >= 4 is 23.2 Å². The molecule has 4 aromatic rings. The number of benzene rings is 3. The normalized spacial score (nSPS) is 11.2. The highest BCUT2D eigenvalue weighted by atomic mass is 16.1. The molecule has 0 aliphatic rings. The number of rotatable bonds is 6. The number of hydrogen-bond acceptors (Lipinski definition) is 2. The Morgan fingerprint density at radius 2 is 1.55 bits per heavy atom. The Morgan fingerprint density at radius 1 is 0.862 bits per heavy atom. The van der Waals surface area contributed by atoms with Gasteiger partial charge in [-0.1, -0.05) is 72.8 Å². The highest BCUT2D eigenvalue weighted by Crippen LogP contribution is 2.21. The Kier molecular flexibility index (Phi) is 5.63. The van der Waals surface area contributed by atoms with Gasteiger partial charge in [0.25, 0.3) is 5.91 Å². The Labute approximate surface area is 170 Å². The number of aromatic nitrogens is 2. The molecular weight excluding hydrogens is 358 g/mol. The van der Waals surface area contributed by atoms with Crippen molar-refractivity contribution in [2.75, 3.05) is 5.32 Å². The monoisotopic (exact) mass is 379 g/mol. The Bertz CT molecular complexity index is 1080. The molecule has 4 nitrogen and oxygen atoms in total. The fourth-order valence-electron chi connectivity index (χ4n) is 3.09. The molecule has 4 rings (SSSR count). The van der Waals surface area contributed by atoms with Crippen LogP contribution < -0.4 is 5.32 Å². The van der Waals surface area contributed by atoms with Crippen LogP contribution in [-0.2, 0) is 11.3 Å². The molecular formula is C25H21N3O. The first-order chi connectivity index (χ1) is 14.3. The van der Waals surface area contributed by atoms with Crippen LogP contribution in [0, 0.1) is 0 Å². The van der Waals surface area contributed by atoms with Gasteiger partial charge < -0.3 is 5.32 Å². The van der Waals surface area contributed by atoms with E-state index in [0.29, 0.717) is 12.1 Å². The first kappa shape index (κ1) is 18.4. The van der Waals surface area contributed by atoms with Gasteiger partial charge in [0.2, 0.25) is 0 Å². The maximum atomic E-state index is 13.1. The number of anilines is 1. The molecule has 0 fully saturated rings. The molecule has 0 bridgehead atoms. The Balaban J connectivity index is 1.54. The first-order valence-corrected chi connectivity index (χ1v) is 9.48. The molecule has 0 saturated heterocycles. The van der Waals surface area contributed by atoms with Crippen LogP contribution in [0.25, 0.3) is 11.6 Å². The molecule has 4 heteroatoms. The van der Waals surface area contributed by atoms with Crippen LogP contribution >= 0.6 is 0 Å². The lowest BCUT2D eigenvalue weighted by Gasteiger charge is -2.11. The summed E-state index contributed by atoms with van der Waals surface area (Å²) in [6.07, 6.45) is 5.60. The number of carbonyl (C=O) groups excluding carboxylic acids is 1. The molecule has 0 spiro atoms. The fraction of sp³-hybridized carbons (Fsp3) is 0.0400. The van der Waals surface area contributed by atoms with Crippen molar-refractivity contribution in [2.24, 2.45) is 0 Å². The second-order valence-electron chi connectivity index (χ2n) is 6.69. The zero-order valence-electron chi connectivity index (χ0n) is 15.9. The summed E-state index contributed by atoms with van der Waals surface area (Å²) in [5.41, 5.74) is 4.36. The molecule has 1 aromatic heterocycles. The summed E-state index contributed by atoms with van der Waals surface area (Å²) in [4.78, 5) is 13.1. The average Bonchev–Trinajstić information content (AvgIpc) is 3.28. The van der Waals surface area contributed by atoms with Gasteiger partial charge in [0.05, 0.1) is 6.54 Å². The lowest BCUT2D eigenvalue weighted by molar-refractivity contribution is -0.111. The summed E-state index contributed by atoms with van der Waals surface area (Å²) in [5, 5.41) is 7.24. The van der Waals surface area contributed by atoms with Gasteiger partial charge in [-0.3, -0.25) is 9.48 Å². The van der Waals surface area contributed by atoms with Crippen LogP contribution in [0.3, 0.4) is 0 Å². The van der Waals surface area contributed by atoms with Crippen molar-refractivity contribution in [3.8, 4) is 0 Å². The molecule has 0 atom stereocenters. The summed E-state index contributed by atoms with van der Waals surface area (Å²) >= 11 is 0. The zero-order chi connectivity index (χ0) is 19.9. The van der Waals surface area contributed by atoms with Crippen LogP contribution in [0.4, 0.5) is 5.69 Å². The average molecular weight is 379 g/mol. The quantitative estimate of drug-likeness (QED) is 0.374. The van der Waals surface area contributed by atoms with Crippen LogP contribution in [0.5, 0.6) is 0 Å². The molecule has 1 N–H and O–H groups in total. The maximum Gasteiger partial charge on any atom is 0.256 e. The SMILES string of the molecule is O=C(Nc1ccc(Cn2cccn2)cc1)/C(=C\c1ccccc1)c1ccccc1. The number of nitrogens with zero attached hydrogens (tertiary/aromatic N) is 2. The first-order valence-electron chi connectivity index (χ1n) is 9.48. The number of hydrogen-bond donors (Lipinski definition) is 1. The third-order valence-electron chi connectivity index (χ3n) is 4.56. The molecule has 0 radical (unpaired) electrons. The van der Waals surface area contributed by atoms with Gasteiger partial charge in [-0.2, -0.15) is 5.10 Å². The van der Waals surface area contributed by atoms with E-state index in [1.807, 2.05) is 108 Å². The fourth-order valence-corrected chi connectivity index (χ4v) is 3.09. The summed E-state index contributed by atoms with van der Waals surface area (Å²) in [7, 11) is 0. The van der Waals surface area contributed by atoms with E-state index >= 15 is 0 Å². The standard InChI is InChI=1S/C25H21N3O/c29-25(27-23-14-12-21(13-15-23)19-28-17-7-16-26-28)24(22-10-5-2-6-11-22)18-20-8-3-1-4-9-20/h1-18H,19H2,(H,27,29)/b24-18-. The summed E-state index contributed by atoms with van der Waals surface area (Å²) in [5.74, 6) is -0.139. The molecule has 1 amide bonds. The van der Waals surface area contributed by atoms with E-state index in [4.69, 9.17) is 0 Å². The van der Waals surface area contributed by atoms with E-state index in [1.165, 1.54) is 0 Å². The predicted octanol–water partition coefficient (Wildman–Crippen LogP) is 5.11. The minimum absolute atomic E-state index is 0.139. The van der Waals surface area contributed by atoms with Crippen LogP contribution in [0.1, 0.15) is 16.7 Å². The molecule has 142 valence electrons. The van der Waals surface area contributed by atoms with Crippen molar-refractivity contribution in [1.29, 1.82) is 0 Å². The number of amides is 1. The van der Waals surface area contributed by atoms with Gasteiger partial charge in [-0.05, 0) is 41.0 Å². The predicted molar refractivity (Wildman–Crippen MR) is 117 cm³/mol. The van der Waals surface area contributed by atoms with Gasteiger partial charge in [0, 0.05) is 23.7 Å².